The molecule has 0 unspecified atom stereocenters. The molecule has 132 valence electrons. The molecule has 1 aromatic carbocycles. The number of amides is 1. The second-order valence-electron chi connectivity index (χ2n) is 5.53. The first kappa shape index (κ1) is 17.0. The fourth-order valence-electron chi connectivity index (χ4n) is 2.35. The number of carbonyl (C=O) groups excluding carboxylic acids is 1. The molecule has 2 aliphatic heterocycles. The van der Waals surface area contributed by atoms with E-state index in [9.17, 15) is 18.0 Å². The fraction of sp³-hybridized carbons (Fsp3) is 0.312. The van der Waals surface area contributed by atoms with Gasteiger partial charge >= 0.3 is 6.18 Å². The molecule has 0 aliphatic carbocycles. The number of aliphatic imine (C=N–C) groups is 1. The Hall–Kier alpha value is -2.84. The topological polar surface area (TPSA) is 69.1 Å². The van der Waals surface area contributed by atoms with E-state index in [4.69, 9.17) is 0 Å². The number of rotatable bonds is 4. The minimum absolute atomic E-state index is 0.00127. The normalized spacial score (nSPS) is 17.2. The van der Waals surface area contributed by atoms with Gasteiger partial charge in [-0.05, 0) is 24.1 Å². The van der Waals surface area contributed by atoms with Crippen LogP contribution in [0.25, 0.3) is 0 Å². The SMILES string of the molecule is CCc1ccc(NCC2=CC(=O)N3N=C(C(F)(F)F)CN=C3N2)cc1. The molecule has 25 heavy (non-hydrogen) atoms. The average molecular weight is 351 g/mol. The molecule has 0 saturated carbocycles. The first-order valence-electron chi connectivity index (χ1n) is 7.70. The number of carbonyl (C=O) groups is 1. The van der Waals surface area contributed by atoms with Crippen molar-refractivity contribution in [3.8, 4) is 0 Å². The summed E-state index contributed by atoms with van der Waals surface area (Å²) in [6.07, 6.45) is -2.46. The molecule has 6 nitrogen and oxygen atoms in total. The van der Waals surface area contributed by atoms with Gasteiger partial charge in [0.25, 0.3) is 5.91 Å². The van der Waals surface area contributed by atoms with E-state index in [0.717, 1.165) is 12.1 Å². The maximum Gasteiger partial charge on any atom is 0.433 e. The Morgan fingerprint density at radius 3 is 2.64 bits per heavy atom. The largest absolute Gasteiger partial charge is 0.433 e. The molecule has 2 heterocycles. The lowest BCUT2D eigenvalue weighted by Gasteiger charge is -2.29. The number of anilines is 1. The number of nitrogens with one attached hydrogen (secondary N) is 2. The van der Waals surface area contributed by atoms with Gasteiger partial charge in [-0.25, -0.2) is 4.99 Å². The van der Waals surface area contributed by atoms with Crippen molar-refractivity contribution in [2.24, 2.45) is 10.1 Å². The number of hydrogen-bond donors (Lipinski definition) is 2. The lowest BCUT2D eigenvalue weighted by Crippen LogP contribution is -2.50. The molecule has 1 aromatic rings. The monoisotopic (exact) mass is 351 g/mol. The van der Waals surface area contributed by atoms with E-state index in [-0.39, 0.29) is 5.96 Å². The summed E-state index contributed by atoms with van der Waals surface area (Å²) in [4.78, 5) is 15.8. The lowest BCUT2D eigenvalue weighted by atomic mass is 10.1. The van der Waals surface area contributed by atoms with E-state index >= 15 is 0 Å². The Morgan fingerprint density at radius 2 is 2.00 bits per heavy atom. The van der Waals surface area contributed by atoms with E-state index in [1.54, 1.807) is 0 Å². The van der Waals surface area contributed by atoms with Crippen molar-refractivity contribution in [3.63, 3.8) is 0 Å². The molecule has 0 atom stereocenters. The van der Waals surface area contributed by atoms with Crippen molar-refractivity contribution in [2.75, 3.05) is 18.4 Å². The second kappa shape index (κ2) is 6.58. The van der Waals surface area contributed by atoms with Crippen molar-refractivity contribution >= 4 is 23.3 Å². The van der Waals surface area contributed by atoms with E-state index in [1.807, 2.05) is 24.3 Å². The number of hydrazone groups is 1. The third kappa shape index (κ3) is 3.81. The Labute approximate surface area is 142 Å². The summed E-state index contributed by atoms with van der Waals surface area (Å²) in [5.41, 5.74) is 1.49. The van der Waals surface area contributed by atoms with Gasteiger partial charge in [0.05, 0.1) is 13.1 Å². The number of fused-ring (bicyclic) bond motifs is 1. The molecule has 0 fully saturated rings. The highest BCUT2D eigenvalue weighted by atomic mass is 19.4. The van der Waals surface area contributed by atoms with E-state index in [0.29, 0.717) is 17.3 Å². The third-order valence-electron chi connectivity index (χ3n) is 3.75. The van der Waals surface area contributed by atoms with Gasteiger partial charge in [0.1, 0.15) is 0 Å². The maximum absolute atomic E-state index is 12.7. The van der Waals surface area contributed by atoms with E-state index < -0.39 is 24.3 Å². The van der Waals surface area contributed by atoms with Crippen LogP contribution in [0.4, 0.5) is 18.9 Å². The quantitative estimate of drug-likeness (QED) is 0.874. The average Bonchev–Trinajstić information content (AvgIpc) is 2.59. The number of nitrogens with zero attached hydrogens (tertiary/aromatic N) is 3. The van der Waals surface area contributed by atoms with E-state index in [2.05, 4.69) is 27.7 Å². The number of aryl methyl sites for hydroxylation is 1. The number of alkyl halides is 3. The molecule has 9 heteroatoms. The van der Waals surface area contributed by atoms with Gasteiger partial charge < -0.3 is 10.6 Å². The summed E-state index contributed by atoms with van der Waals surface area (Å²) >= 11 is 0. The maximum atomic E-state index is 12.7. The van der Waals surface area contributed by atoms with Crippen LogP contribution in [0.5, 0.6) is 0 Å². The van der Waals surface area contributed by atoms with E-state index in [1.165, 1.54) is 11.6 Å². The Kier molecular flexibility index (Phi) is 4.47. The summed E-state index contributed by atoms with van der Waals surface area (Å²) in [5.74, 6) is -0.671. The van der Waals surface area contributed by atoms with Gasteiger partial charge in [-0.2, -0.15) is 23.3 Å². The summed E-state index contributed by atoms with van der Waals surface area (Å²) in [6, 6.07) is 7.84. The van der Waals surface area contributed by atoms with Crippen LogP contribution in [0.3, 0.4) is 0 Å². The zero-order valence-electron chi connectivity index (χ0n) is 13.4. The summed E-state index contributed by atoms with van der Waals surface area (Å²) in [7, 11) is 0. The zero-order chi connectivity index (χ0) is 18.0. The van der Waals surface area contributed by atoms with Crippen molar-refractivity contribution in [3.05, 3.63) is 41.6 Å². The molecular weight excluding hydrogens is 335 g/mol. The molecule has 0 saturated heterocycles. The summed E-state index contributed by atoms with van der Waals surface area (Å²) < 4.78 is 38.0. The molecule has 3 rings (SSSR count). The molecule has 0 spiro atoms. The van der Waals surface area contributed by atoms with Crippen LogP contribution >= 0.6 is 0 Å². The highest BCUT2D eigenvalue weighted by Crippen LogP contribution is 2.21. The smallest absolute Gasteiger partial charge is 0.379 e. The van der Waals surface area contributed by atoms with Gasteiger partial charge in [-0.1, -0.05) is 19.1 Å². The van der Waals surface area contributed by atoms with Crippen LogP contribution in [0.15, 0.2) is 46.1 Å². The van der Waals surface area contributed by atoms with Crippen LogP contribution < -0.4 is 10.6 Å². The van der Waals surface area contributed by atoms with Gasteiger partial charge in [-0.3, -0.25) is 4.79 Å². The standard InChI is InChI=1S/C16H16F3N5O/c1-2-10-3-5-11(6-4-10)20-8-12-7-14(25)24-15(22-12)21-9-13(23-24)16(17,18)19/h3-7,20H,2,8-9H2,1H3,(H,21,22). The van der Waals surface area contributed by atoms with Crippen molar-refractivity contribution < 1.29 is 18.0 Å². The van der Waals surface area contributed by atoms with Gasteiger partial charge in [0, 0.05) is 17.5 Å². The van der Waals surface area contributed by atoms with Crippen LogP contribution in [0.2, 0.25) is 0 Å². The number of guanidine groups is 1. The minimum Gasteiger partial charge on any atom is -0.379 e. The summed E-state index contributed by atoms with van der Waals surface area (Å²) in [5, 5.41) is 9.95. The predicted octanol–water partition coefficient (Wildman–Crippen LogP) is 2.26. The van der Waals surface area contributed by atoms with Crippen LogP contribution in [-0.4, -0.2) is 41.9 Å². The molecule has 0 bridgehead atoms. The van der Waals surface area contributed by atoms with Crippen LogP contribution in [0.1, 0.15) is 12.5 Å². The predicted molar refractivity (Wildman–Crippen MR) is 88.2 cm³/mol. The number of halogens is 3. The molecule has 2 N–H and O–H groups in total. The first-order chi connectivity index (χ1) is 11.9. The lowest BCUT2D eigenvalue weighted by molar-refractivity contribution is -0.123. The van der Waals surface area contributed by atoms with Gasteiger partial charge in [-0.15, -0.1) is 0 Å². The van der Waals surface area contributed by atoms with Crippen LogP contribution in [0, 0.1) is 0 Å². The Balaban J connectivity index is 1.67. The van der Waals surface area contributed by atoms with Crippen molar-refractivity contribution in [1.29, 1.82) is 0 Å². The van der Waals surface area contributed by atoms with Gasteiger partial charge in [0.15, 0.2) is 5.71 Å². The molecule has 1 amide bonds. The summed E-state index contributed by atoms with van der Waals surface area (Å²) in [6.45, 7) is 1.75. The van der Waals surface area contributed by atoms with Crippen molar-refractivity contribution in [1.82, 2.24) is 10.3 Å². The highest BCUT2D eigenvalue weighted by molar-refractivity contribution is 6.09. The fourth-order valence-corrected chi connectivity index (χ4v) is 2.35. The minimum atomic E-state index is -4.61. The third-order valence-corrected chi connectivity index (χ3v) is 3.75. The molecule has 2 aliphatic rings. The second-order valence-corrected chi connectivity index (χ2v) is 5.53. The number of hydrogen-bond acceptors (Lipinski definition) is 5. The number of benzene rings is 1. The molecule has 0 aromatic heterocycles. The van der Waals surface area contributed by atoms with Crippen LogP contribution in [-0.2, 0) is 11.2 Å². The van der Waals surface area contributed by atoms with Crippen molar-refractivity contribution in [2.45, 2.75) is 19.5 Å². The highest BCUT2D eigenvalue weighted by Gasteiger charge is 2.40. The molecule has 0 radical (unpaired) electrons. The zero-order valence-corrected chi connectivity index (χ0v) is 13.4. The van der Waals surface area contributed by atoms with Gasteiger partial charge in [0.2, 0.25) is 5.96 Å². The first-order valence-corrected chi connectivity index (χ1v) is 7.70. The Morgan fingerprint density at radius 1 is 1.28 bits per heavy atom. The molecular formula is C16H16F3N5O. The Bertz CT molecular complexity index is 765.